The predicted octanol–water partition coefficient (Wildman–Crippen LogP) is 4.15. The van der Waals surface area contributed by atoms with Gasteiger partial charge in [0.05, 0.1) is 7.11 Å². The SMILES string of the molecule is COc1ccc(CNC(C)c2ccccc2)cc1OC(F)F. The monoisotopic (exact) mass is 307 g/mol. The Bertz CT molecular complexity index is 590. The highest BCUT2D eigenvalue weighted by atomic mass is 19.3. The molecule has 0 aliphatic rings. The van der Waals surface area contributed by atoms with E-state index in [-0.39, 0.29) is 11.8 Å². The average molecular weight is 307 g/mol. The van der Waals surface area contributed by atoms with Gasteiger partial charge in [0.15, 0.2) is 11.5 Å². The molecule has 1 atom stereocenters. The maximum atomic E-state index is 12.4. The van der Waals surface area contributed by atoms with Crippen LogP contribution in [0.2, 0.25) is 0 Å². The number of ether oxygens (including phenoxy) is 2. The molecule has 0 aromatic heterocycles. The van der Waals surface area contributed by atoms with Crippen molar-refractivity contribution in [1.29, 1.82) is 0 Å². The summed E-state index contributed by atoms with van der Waals surface area (Å²) in [4.78, 5) is 0. The third-order valence-corrected chi connectivity index (χ3v) is 3.36. The third kappa shape index (κ3) is 4.43. The Morgan fingerprint density at radius 1 is 1.05 bits per heavy atom. The van der Waals surface area contributed by atoms with E-state index in [4.69, 9.17) is 4.74 Å². The number of alkyl halides is 2. The zero-order chi connectivity index (χ0) is 15.9. The zero-order valence-electron chi connectivity index (χ0n) is 12.6. The molecule has 0 saturated heterocycles. The molecule has 0 spiro atoms. The van der Waals surface area contributed by atoms with Gasteiger partial charge in [-0.25, -0.2) is 0 Å². The predicted molar refractivity (Wildman–Crippen MR) is 81.3 cm³/mol. The van der Waals surface area contributed by atoms with E-state index in [2.05, 4.69) is 17.0 Å². The molecule has 118 valence electrons. The highest BCUT2D eigenvalue weighted by Gasteiger charge is 2.12. The summed E-state index contributed by atoms with van der Waals surface area (Å²) in [6.45, 7) is -0.282. The van der Waals surface area contributed by atoms with Crippen molar-refractivity contribution >= 4 is 0 Å². The van der Waals surface area contributed by atoms with Crippen molar-refractivity contribution in [2.75, 3.05) is 7.11 Å². The van der Waals surface area contributed by atoms with Gasteiger partial charge in [-0.1, -0.05) is 36.4 Å². The summed E-state index contributed by atoms with van der Waals surface area (Å²) in [5.74, 6) is 0.337. The van der Waals surface area contributed by atoms with Crippen molar-refractivity contribution in [3.05, 3.63) is 59.7 Å². The van der Waals surface area contributed by atoms with Crippen LogP contribution in [-0.4, -0.2) is 13.7 Å². The van der Waals surface area contributed by atoms with Crippen LogP contribution in [-0.2, 0) is 6.54 Å². The lowest BCUT2D eigenvalue weighted by Gasteiger charge is -2.16. The van der Waals surface area contributed by atoms with Crippen molar-refractivity contribution in [3.63, 3.8) is 0 Å². The fourth-order valence-corrected chi connectivity index (χ4v) is 2.15. The molecule has 0 aliphatic heterocycles. The van der Waals surface area contributed by atoms with Crippen LogP contribution in [0.1, 0.15) is 24.1 Å². The lowest BCUT2D eigenvalue weighted by atomic mass is 10.1. The number of hydrogen-bond donors (Lipinski definition) is 1. The molecule has 0 fully saturated rings. The Hall–Kier alpha value is -2.14. The van der Waals surface area contributed by atoms with Crippen molar-refractivity contribution in [2.24, 2.45) is 0 Å². The fraction of sp³-hybridized carbons (Fsp3) is 0.294. The molecule has 0 aliphatic carbocycles. The van der Waals surface area contributed by atoms with E-state index >= 15 is 0 Å². The fourth-order valence-electron chi connectivity index (χ4n) is 2.15. The Labute approximate surface area is 128 Å². The molecule has 3 nitrogen and oxygen atoms in total. The first kappa shape index (κ1) is 16.2. The van der Waals surface area contributed by atoms with Gasteiger partial charge in [-0.3, -0.25) is 0 Å². The summed E-state index contributed by atoms with van der Waals surface area (Å²) < 4.78 is 34.3. The minimum atomic E-state index is -2.87. The minimum Gasteiger partial charge on any atom is -0.493 e. The van der Waals surface area contributed by atoms with Gasteiger partial charge in [0.25, 0.3) is 0 Å². The number of halogens is 2. The van der Waals surface area contributed by atoms with Gasteiger partial charge in [0.2, 0.25) is 0 Å². The number of rotatable bonds is 7. The lowest BCUT2D eigenvalue weighted by Crippen LogP contribution is -2.18. The highest BCUT2D eigenvalue weighted by Crippen LogP contribution is 2.29. The van der Waals surface area contributed by atoms with Crippen molar-refractivity contribution in [3.8, 4) is 11.5 Å². The normalized spacial score (nSPS) is 12.2. The number of hydrogen-bond acceptors (Lipinski definition) is 3. The van der Waals surface area contributed by atoms with Crippen molar-refractivity contribution in [1.82, 2.24) is 5.32 Å². The number of nitrogens with one attached hydrogen (secondary N) is 1. The van der Waals surface area contributed by atoms with E-state index in [0.29, 0.717) is 12.3 Å². The average Bonchev–Trinajstić information content (AvgIpc) is 2.53. The molecule has 2 aromatic rings. The summed E-state index contributed by atoms with van der Waals surface area (Å²) >= 11 is 0. The smallest absolute Gasteiger partial charge is 0.387 e. The van der Waals surface area contributed by atoms with Crippen LogP contribution in [0.15, 0.2) is 48.5 Å². The lowest BCUT2D eigenvalue weighted by molar-refractivity contribution is -0.0512. The quantitative estimate of drug-likeness (QED) is 0.833. The van der Waals surface area contributed by atoms with E-state index in [1.807, 2.05) is 36.4 Å². The first-order valence-electron chi connectivity index (χ1n) is 7.00. The molecule has 2 rings (SSSR count). The summed E-state index contributed by atoms with van der Waals surface area (Å²) in [5, 5.41) is 3.35. The Morgan fingerprint density at radius 3 is 2.41 bits per heavy atom. The van der Waals surface area contributed by atoms with Gasteiger partial charge in [-0.2, -0.15) is 8.78 Å². The first-order valence-corrected chi connectivity index (χ1v) is 7.00. The van der Waals surface area contributed by atoms with Gasteiger partial charge in [-0.05, 0) is 30.2 Å². The van der Waals surface area contributed by atoms with E-state index in [1.54, 1.807) is 12.1 Å². The second kappa shape index (κ2) is 7.75. The molecule has 2 aromatic carbocycles. The van der Waals surface area contributed by atoms with E-state index in [9.17, 15) is 8.78 Å². The molecule has 0 radical (unpaired) electrons. The summed E-state index contributed by atoms with van der Waals surface area (Å²) in [5.41, 5.74) is 2.01. The molecular formula is C17H19F2NO2. The molecule has 0 heterocycles. The van der Waals surface area contributed by atoms with Crippen LogP contribution < -0.4 is 14.8 Å². The van der Waals surface area contributed by atoms with E-state index in [0.717, 1.165) is 5.56 Å². The Kier molecular flexibility index (Phi) is 5.72. The molecular weight excluding hydrogens is 288 g/mol. The van der Waals surface area contributed by atoms with Gasteiger partial charge < -0.3 is 14.8 Å². The van der Waals surface area contributed by atoms with Gasteiger partial charge in [-0.15, -0.1) is 0 Å². The van der Waals surface area contributed by atoms with Crippen molar-refractivity contribution < 1.29 is 18.3 Å². The van der Waals surface area contributed by atoms with Crippen LogP contribution >= 0.6 is 0 Å². The molecule has 5 heteroatoms. The molecule has 1 unspecified atom stereocenters. The van der Waals surface area contributed by atoms with Crippen LogP contribution in [0, 0.1) is 0 Å². The molecule has 1 N–H and O–H groups in total. The molecule has 0 saturated carbocycles. The Morgan fingerprint density at radius 2 is 1.77 bits per heavy atom. The second-order valence-electron chi connectivity index (χ2n) is 4.88. The maximum Gasteiger partial charge on any atom is 0.387 e. The second-order valence-corrected chi connectivity index (χ2v) is 4.88. The molecule has 0 bridgehead atoms. The van der Waals surface area contributed by atoms with Crippen molar-refractivity contribution in [2.45, 2.75) is 26.1 Å². The molecule has 0 amide bonds. The van der Waals surface area contributed by atoms with Gasteiger partial charge >= 0.3 is 6.61 Å². The number of benzene rings is 2. The topological polar surface area (TPSA) is 30.5 Å². The summed E-state index contributed by atoms with van der Waals surface area (Å²) in [6, 6.07) is 15.2. The van der Waals surface area contributed by atoms with Gasteiger partial charge in [0, 0.05) is 12.6 Å². The maximum absolute atomic E-state index is 12.4. The zero-order valence-corrected chi connectivity index (χ0v) is 12.6. The number of methoxy groups -OCH3 is 1. The summed E-state index contributed by atoms with van der Waals surface area (Å²) in [6.07, 6.45) is 0. The Balaban J connectivity index is 2.03. The third-order valence-electron chi connectivity index (χ3n) is 3.36. The van der Waals surface area contributed by atoms with Crippen LogP contribution in [0.25, 0.3) is 0 Å². The van der Waals surface area contributed by atoms with Gasteiger partial charge in [0.1, 0.15) is 0 Å². The van der Waals surface area contributed by atoms with E-state index in [1.165, 1.54) is 12.7 Å². The largest absolute Gasteiger partial charge is 0.493 e. The van der Waals surface area contributed by atoms with Crippen LogP contribution in [0.5, 0.6) is 11.5 Å². The molecule has 22 heavy (non-hydrogen) atoms. The summed E-state index contributed by atoms with van der Waals surface area (Å²) in [7, 11) is 1.42. The van der Waals surface area contributed by atoms with Crippen LogP contribution in [0.4, 0.5) is 8.78 Å². The van der Waals surface area contributed by atoms with E-state index < -0.39 is 6.61 Å². The minimum absolute atomic E-state index is 0.0455. The highest BCUT2D eigenvalue weighted by molar-refractivity contribution is 5.43. The first-order chi connectivity index (χ1) is 10.6. The standard InChI is InChI=1S/C17H19F2NO2/c1-12(14-6-4-3-5-7-14)20-11-13-8-9-15(21-2)16(10-13)22-17(18)19/h3-10,12,17,20H,11H2,1-2H3. The van der Waals surface area contributed by atoms with Crippen LogP contribution in [0.3, 0.4) is 0 Å².